The number of pyridine rings is 1. The van der Waals surface area contributed by atoms with Gasteiger partial charge in [0.25, 0.3) is 0 Å². The van der Waals surface area contributed by atoms with Crippen molar-refractivity contribution >= 4 is 11.6 Å². The normalized spacial score (nSPS) is 10.2. The van der Waals surface area contributed by atoms with Crippen LogP contribution in [0, 0.1) is 0 Å². The number of imidazole rings is 1. The van der Waals surface area contributed by atoms with E-state index in [9.17, 15) is 4.79 Å². The summed E-state index contributed by atoms with van der Waals surface area (Å²) in [5, 5.41) is 5.50. The molecule has 0 aromatic carbocycles. The van der Waals surface area contributed by atoms with Gasteiger partial charge in [-0.25, -0.2) is 9.97 Å². The Hall–Kier alpha value is -2.21. The lowest BCUT2D eigenvalue weighted by atomic mass is 10.4. The predicted octanol–water partition coefficient (Wildman–Crippen LogP) is 0.425. The first kappa shape index (κ1) is 11.3. The lowest BCUT2D eigenvalue weighted by molar-refractivity contribution is -0.115. The van der Waals surface area contributed by atoms with Crippen molar-refractivity contribution in [3.8, 4) is 5.82 Å². The van der Waals surface area contributed by atoms with Crippen LogP contribution in [-0.4, -0.2) is 34.0 Å². The van der Waals surface area contributed by atoms with E-state index in [1.807, 2.05) is 12.3 Å². The highest BCUT2D eigenvalue weighted by molar-refractivity contribution is 5.92. The molecule has 2 aromatic heterocycles. The molecule has 6 heteroatoms. The minimum absolute atomic E-state index is 0.0929. The Morgan fingerprint density at radius 1 is 1.47 bits per heavy atom. The van der Waals surface area contributed by atoms with Crippen LogP contribution in [0.5, 0.6) is 0 Å². The Bertz CT molecular complexity index is 477. The Morgan fingerprint density at radius 3 is 2.94 bits per heavy atom. The maximum atomic E-state index is 11.3. The molecular formula is C11H13N5O. The van der Waals surface area contributed by atoms with E-state index in [4.69, 9.17) is 0 Å². The zero-order valence-electron chi connectivity index (χ0n) is 9.42. The van der Waals surface area contributed by atoms with Gasteiger partial charge in [-0.15, -0.1) is 0 Å². The van der Waals surface area contributed by atoms with Crippen LogP contribution in [0.3, 0.4) is 0 Å². The van der Waals surface area contributed by atoms with Crippen LogP contribution in [-0.2, 0) is 4.79 Å². The molecule has 0 fully saturated rings. The van der Waals surface area contributed by atoms with E-state index in [-0.39, 0.29) is 12.5 Å². The molecule has 1 amide bonds. The maximum absolute atomic E-state index is 11.3. The first-order valence-electron chi connectivity index (χ1n) is 5.18. The number of nitrogens with zero attached hydrogens (tertiary/aromatic N) is 3. The smallest absolute Gasteiger partial charge is 0.238 e. The van der Waals surface area contributed by atoms with E-state index in [0.717, 1.165) is 5.82 Å². The van der Waals surface area contributed by atoms with Crippen molar-refractivity contribution in [1.82, 2.24) is 19.9 Å². The first-order valence-corrected chi connectivity index (χ1v) is 5.18. The number of anilines is 1. The van der Waals surface area contributed by atoms with Gasteiger partial charge in [0.05, 0.1) is 18.4 Å². The molecule has 0 saturated heterocycles. The van der Waals surface area contributed by atoms with E-state index >= 15 is 0 Å². The fourth-order valence-electron chi connectivity index (χ4n) is 1.37. The van der Waals surface area contributed by atoms with Crippen LogP contribution in [0.15, 0.2) is 37.1 Å². The molecule has 0 bridgehead atoms. The number of nitrogens with one attached hydrogen (secondary N) is 2. The number of carbonyl (C=O) groups excluding carboxylic acids is 1. The fraction of sp³-hybridized carbons (Fsp3) is 0.182. The largest absolute Gasteiger partial charge is 0.324 e. The summed E-state index contributed by atoms with van der Waals surface area (Å²) in [7, 11) is 1.72. The predicted molar refractivity (Wildman–Crippen MR) is 63.9 cm³/mol. The molecule has 2 heterocycles. The molecule has 0 spiro atoms. The van der Waals surface area contributed by atoms with Crippen molar-refractivity contribution < 1.29 is 4.79 Å². The fourth-order valence-corrected chi connectivity index (χ4v) is 1.37. The molecule has 0 saturated carbocycles. The van der Waals surface area contributed by atoms with Crippen LogP contribution in [0.4, 0.5) is 5.69 Å². The summed E-state index contributed by atoms with van der Waals surface area (Å²) < 4.78 is 1.79. The van der Waals surface area contributed by atoms with E-state index in [2.05, 4.69) is 20.6 Å². The number of carbonyl (C=O) groups is 1. The summed E-state index contributed by atoms with van der Waals surface area (Å²) in [4.78, 5) is 19.5. The van der Waals surface area contributed by atoms with E-state index in [1.165, 1.54) is 0 Å². The van der Waals surface area contributed by atoms with Crippen molar-refractivity contribution in [1.29, 1.82) is 0 Å². The van der Waals surface area contributed by atoms with E-state index in [1.54, 1.807) is 36.4 Å². The Kier molecular flexibility index (Phi) is 3.46. The Labute approximate surface area is 98.7 Å². The van der Waals surface area contributed by atoms with Gasteiger partial charge in [-0.05, 0) is 19.2 Å². The molecule has 0 unspecified atom stereocenters. The van der Waals surface area contributed by atoms with Crippen molar-refractivity contribution in [2.75, 3.05) is 18.9 Å². The Balaban J connectivity index is 2.06. The molecule has 0 atom stereocenters. The summed E-state index contributed by atoms with van der Waals surface area (Å²) in [5.41, 5.74) is 0.675. The number of hydrogen-bond acceptors (Lipinski definition) is 4. The summed E-state index contributed by atoms with van der Waals surface area (Å²) >= 11 is 0. The van der Waals surface area contributed by atoms with Crippen molar-refractivity contribution in [2.24, 2.45) is 0 Å². The van der Waals surface area contributed by atoms with Crippen LogP contribution >= 0.6 is 0 Å². The van der Waals surface area contributed by atoms with Gasteiger partial charge in [0.2, 0.25) is 5.91 Å². The topological polar surface area (TPSA) is 71.8 Å². The number of hydrogen-bond donors (Lipinski definition) is 2. The van der Waals surface area contributed by atoms with Gasteiger partial charge in [0.15, 0.2) is 0 Å². The third kappa shape index (κ3) is 2.88. The number of rotatable bonds is 4. The highest BCUT2D eigenvalue weighted by atomic mass is 16.1. The van der Waals surface area contributed by atoms with E-state index < -0.39 is 0 Å². The second-order valence-electron chi connectivity index (χ2n) is 3.45. The molecule has 2 N–H and O–H groups in total. The van der Waals surface area contributed by atoms with E-state index in [0.29, 0.717) is 5.69 Å². The molecular weight excluding hydrogens is 218 g/mol. The molecule has 17 heavy (non-hydrogen) atoms. The minimum Gasteiger partial charge on any atom is -0.324 e. The lowest BCUT2D eigenvalue weighted by Gasteiger charge is -2.05. The molecule has 2 aromatic rings. The first-order chi connectivity index (χ1) is 8.29. The van der Waals surface area contributed by atoms with Crippen LogP contribution in [0.25, 0.3) is 5.82 Å². The minimum atomic E-state index is -0.0929. The SMILES string of the molecule is CNCC(=O)Nc1ccc(-n2ccnc2)nc1. The standard InChI is InChI=1S/C11H13N5O/c1-12-7-11(17)15-9-2-3-10(14-6-9)16-5-4-13-8-16/h2-6,8,12H,7H2,1H3,(H,15,17). The average Bonchev–Trinajstić information content (AvgIpc) is 2.84. The quantitative estimate of drug-likeness (QED) is 0.800. The second-order valence-corrected chi connectivity index (χ2v) is 3.45. The highest BCUT2D eigenvalue weighted by Crippen LogP contribution is 2.09. The van der Waals surface area contributed by atoms with Crippen molar-refractivity contribution in [3.05, 3.63) is 37.1 Å². The van der Waals surface area contributed by atoms with Gasteiger partial charge >= 0.3 is 0 Å². The molecule has 0 aliphatic heterocycles. The van der Waals surface area contributed by atoms with Crippen LogP contribution in [0.2, 0.25) is 0 Å². The third-order valence-electron chi connectivity index (χ3n) is 2.14. The summed E-state index contributed by atoms with van der Waals surface area (Å²) in [6.07, 6.45) is 6.77. The van der Waals surface area contributed by atoms with Gasteiger partial charge < -0.3 is 10.6 Å². The zero-order chi connectivity index (χ0) is 12.1. The summed E-state index contributed by atoms with van der Waals surface area (Å²) in [6, 6.07) is 3.62. The molecule has 2 rings (SSSR count). The Morgan fingerprint density at radius 2 is 2.35 bits per heavy atom. The van der Waals surface area contributed by atoms with Gasteiger partial charge in [-0.3, -0.25) is 9.36 Å². The van der Waals surface area contributed by atoms with Gasteiger partial charge in [-0.1, -0.05) is 0 Å². The van der Waals surface area contributed by atoms with Crippen molar-refractivity contribution in [3.63, 3.8) is 0 Å². The highest BCUT2D eigenvalue weighted by Gasteiger charge is 2.01. The van der Waals surface area contributed by atoms with Crippen LogP contribution in [0.1, 0.15) is 0 Å². The molecule has 88 valence electrons. The molecule has 0 aliphatic rings. The summed E-state index contributed by atoms with van der Waals surface area (Å²) in [5.74, 6) is 0.666. The zero-order valence-corrected chi connectivity index (χ0v) is 9.42. The van der Waals surface area contributed by atoms with Crippen molar-refractivity contribution in [2.45, 2.75) is 0 Å². The molecule has 0 radical (unpaired) electrons. The average molecular weight is 231 g/mol. The molecule has 6 nitrogen and oxygen atoms in total. The lowest BCUT2D eigenvalue weighted by Crippen LogP contribution is -2.25. The summed E-state index contributed by atoms with van der Waals surface area (Å²) in [6.45, 7) is 0.281. The monoisotopic (exact) mass is 231 g/mol. The molecule has 0 aliphatic carbocycles. The number of amides is 1. The maximum Gasteiger partial charge on any atom is 0.238 e. The van der Waals surface area contributed by atoms with Crippen LogP contribution < -0.4 is 10.6 Å². The number of aromatic nitrogens is 3. The van der Waals surface area contributed by atoms with Gasteiger partial charge in [0.1, 0.15) is 12.1 Å². The second kappa shape index (κ2) is 5.22. The van der Waals surface area contributed by atoms with Gasteiger partial charge in [0, 0.05) is 12.4 Å². The van der Waals surface area contributed by atoms with Gasteiger partial charge in [-0.2, -0.15) is 0 Å². The third-order valence-corrected chi connectivity index (χ3v) is 2.14. The number of likely N-dealkylation sites (N-methyl/N-ethyl adjacent to an activating group) is 1.